The zero-order valence-electron chi connectivity index (χ0n) is 12.7. The molecule has 0 spiro atoms. The van der Waals surface area contributed by atoms with Crippen LogP contribution in [0, 0.1) is 5.41 Å². The van der Waals surface area contributed by atoms with Gasteiger partial charge in [-0.05, 0) is 45.6 Å². The summed E-state index contributed by atoms with van der Waals surface area (Å²) in [7, 11) is 1.72. The number of halogens is 1. The van der Waals surface area contributed by atoms with Gasteiger partial charge in [-0.15, -0.1) is 12.4 Å². The van der Waals surface area contributed by atoms with Crippen molar-refractivity contribution in [2.24, 2.45) is 5.41 Å². The van der Waals surface area contributed by atoms with Crippen LogP contribution in [-0.2, 0) is 9.53 Å². The lowest BCUT2D eigenvalue weighted by Crippen LogP contribution is -2.50. The van der Waals surface area contributed by atoms with Gasteiger partial charge in [0.2, 0.25) is 5.91 Å². The second-order valence-corrected chi connectivity index (χ2v) is 6.28. The van der Waals surface area contributed by atoms with Crippen LogP contribution in [0.3, 0.4) is 0 Å². The van der Waals surface area contributed by atoms with E-state index in [2.05, 4.69) is 17.6 Å². The van der Waals surface area contributed by atoms with Gasteiger partial charge in [0.25, 0.3) is 0 Å². The predicted molar refractivity (Wildman–Crippen MR) is 83.3 cm³/mol. The first-order valence-corrected chi connectivity index (χ1v) is 7.69. The summed E-state index contributed by atoms with van der Waals surface area (Å²) in [6.07, 6.45) is 7.39. The van der Waals surface area contributed by atoms with Gasteiger partial charge in [0.15, 0.2) is 0 Å². The van der Waals surface area contributed by atoms with Crippen LogP contribution in [0.15, 0.2) is 0 Å². The SMILES string of the molecule is COCCC1(C(=O)NC2CCNC(C)C2)CCCC1.Cl. The Morgan fingerprint density at radius 2 is 2.10 bits per heavy atom. The van der Waals surface area contributed by atoms with Crippen molar-refractivity contribution in [1.29, 1.82) is 0 Å². The van der Waals surface area contributed by atoms with Gasteiger partial charge < -0.3 is 15.4 Å². The van der Waals surface area contributed by atoms with Crippen molar-refractivity contribution in [2.45, 2.75) is 64.0 Å². The molecule has 1 saturated carbocycles. The van der Waals surface area contributed by atoms with E-state index in [0.29, 0.717) is 18.7 Å². The molecule has 1 saturated heterocycles. The second kappa shape index (κ2) is 8.20. The Hall–Kier alpha value is -0.320. The molecule has 1 aliphatic heterocycles. The zero-order valence-corrected chi connectivity index (χ0v) is 13.6. The number of amides is 1. The first kappa shape index (κ1) is 17.7. The van der Waals surface area contributed by atoms with Crippen molar-refractivity contribution in [2.75, 3.05) is 20.3 Å². The van der Waals surface area contributed by atoms with Crippen LogP contribution in [0.25, 0.3) is 0 Å². The van der Waals surface area contributed by atoms with Crippen LogP contribution in [0.5, 0.6) is 0 Å². The molecule has 2 aliphatic rings. The maximum Gasteiger partial charge on any atom is 0.226 e. The minimum absolute atomic E-state index is 0. The Morgan fingerprint density at radius 3 is 2.70 bits per heavy atom. The summed E-state index contributed by atoms with van der Waals surface area (Å²) in [5.41, 5.74) is -0.149. The first-order valence-electron chi connectivity index (χ1n) is 7.69. The fraction of sp³-hybridized carbons (Fsp3) is 0.933. The number of nitrogens with one attached hydrogen (secondary N) is 2. The molecule has 0 radical (unpaired) electrons. The van der Waals surface area contributed by atoms with E-state index >= 15 is 0 Å². The minimum atomic E-state index is -0.149. The molecule has 20 heavy (non-hydrogen) atoms. The molecule has 2 rings (SSSR count). The van der Waals surface area contributed by atoms with Crippen LogP contribution in [0.1, 0.15) is 51.9 Å². The van der Waals surface area contributed by atoms with E-state index in [1.54, 1.807) is 7.11 Å². The van der Waals surface area contributed by atoms with E-state index in [0.717, 1.165) is 38.6 Å². The molecule has 0 bridgehead atoms. The highest BCUT2D eigenvalue weighted by Gasteiger charge is 2.41. The average Bonchev–Trinajstić information content (AvgIpc) is 2.86. The molecule has 0 aromatic rings. The fourth-order valence-electron chi connectivity index (χ4n) is 3.54. The summed E-state index contributed by atoms with van der Waals surface area (Å²) in [4.78, 5) is 12.7. The summed E-state index contributed by atoms with van der Waals surface area (Å²) in [5.74, 6) is 0.279. The third kappa shape index (κ3) is 4.34. The standard InChI is InChI=1S/C15H28N2O2.ClH/c1-12-11-13(5-9-16-12)17-14(18)15(8-10-19-2)6-3-4-7-15;/h12-13,16H,3-11H2,1-2H3,(H,17,18);1H. The highest BCUT2D eigenvalue weighted by molar-refractivity contribution is 5.85. The molecule has 2 unspecified atom stereocenters. The quantitative estimate of drug-likeness (QED) is 0.819. The van der Waals surface area contributed by atoms with E-state index in [1.165, 1.54) is 12.8 Å². The number of carbonyl (C=O) groups excluding carboxylic acids is 1. The summed E-state index contributed by atoms with van der Waals surface area (Å²) < 4.78 is 5.20. The number of ether oxygens (including phenoxy) is 1. The van der Waals surface area contributed by atoms with Gasteiger partial charge in [0, 0.05) is 25.8 Å². The Bertz CT molecular complexity index is 306. The second-order valence-electron chi connectivity index (χ2n) is 6.28. The lowest BCUT2D eigenvalue weighted by Gasteiger charge is -2.33. The number of rotatable bonds is 5. The highest BCUT2D eigenvalue weighted by Crippen LogP contribution is 2.41. The van der Waals surface area contributed by atoms with E-state index in [1.807, 2.05) is 0 Å². The zero-order chi connectivity index (χ0) is 13.7. The number of methoxy groups -OCH3 is 1. The molecule has 0 aromatic carbocycles. The maximum absolute atomic E-state index is 12.7. The molecular weight excluding hydrogens is 276 g/mol. The van der Waals surface area contributed by atoms with Crippen LogP contribution >= 0.6 is 12.4 Å². The molecule has 118 valence electrons. The summed E-state index contributed by atoms with van der Waals surface area (Å²) in [6.45, 7) is 3.89. The largest absolute Gasteiger partial charge is 0.385 e. The van der Waals surface area contributed by atoms with Gasteiger partial charge in [-0.1, -0.05) is 12.8 Å². The lowest BCUT2D eigenvalue weighted by atomic mass is 9.81. The topological polar surface area (TPSA) is 50.4 Å². The molecular formula is C15H29ClN2O2. The summed E-state index contributed by atoms with van der Waals surface area (Å²) >= 11 is 0. The molecule has 2 fully saturated rings. The first-order chi connectivity index (χ1) is 9.16. The molecule has 1 aliphatic carbocycles. The molecule has 5 heteroatoms. The fourth-order valence-corrected chi connectivity index (χ4v) is 3.54. The summed E-state index contributed by atoms with van der Waals surface area (Å²) in [5, 5.41) is 6.73. The van der Waals surface area contributed by atoms with Crippen molar-refractivity contribution in [3.63, 3.8) is 0 Å². The molecule has 1 amide bonds. The van der Waals surface area contributed by atoms with Gasteiger partial charge in [-0.2, -0.15) is 0 Å². The smallest absolute Gasteiger partial charge is 0.226 e. The Labute approximate surface area is 128 Å². The normalized spacial score (nSPS) is 28.7. The predicted octanol–water partition coefficient (Wildman–Crippen LogP) is 2.26. The number of hydrogen-bond acceptors (Lipinski definition) is 3. The van der Waals surface area contributed by atoms with Crippen LogP contribution in [-0.4, -0.2) is 38.3 Å². The van der Waals surface area contributed by atoms with Gasteiger partial charge in [0.1, 0.15) is 0 Å². The summed E-state index contributed by atoms with van der Waals surface area (Å²) in [6, 6.07) is 0.862. The average molecular weight is 305 g/mol. The van der Waals surface area contributed by atoms with Crippen molar-refractivity contribution in [3.05, 3.63) is 0 Å². The van der Waals surface area contributed by atoms with Gasteiger partial charge in [0.05, 0.1) is 5.41 Å². The monoisotopic (exact) mass is 304 g/mol. The van der Waals surface area contributed by atoms with Crippen molar-refractivity contribution in [3.8, 4) is 0 Å². The molecule has 1 heterocycles. The Morgan fingerprint density at radius 1 is 1.40 bits per heavy atom. The van der Waals surface area contributed by atoms with Gasteiger partial charge in [-0.3, -0.25) is 4.79 Å². The third-order valence-electron chi connectivity index (χ3n) is 4.79. The minimum Gasteiger partial charge on any atom is -0.385 e. The highest BCUT2D eigenvalue weighted by atomic mass is 35.5. The van der Waals surface area contributed by atoms with Gasteiger partial charge in [-0.25, -0.2) is 0 Å². The molecule has 2 atom stereocenters. The van der Waals surface area contributed by atoms with E-state index in [4.69, 9.17) is 4.74 Å². The molecule has 2 N–H and O–H groups in total. The van der Waals surface area contributed by atoms with Crippen molar-refractivity contribution >= 4 is 18.3 Å². The Kier molecular flexibility index (Phi) is 7.27. The number of piperidine rings is 1. The Balaban J connectivity index is 0.00000200. The van der Waals surface area contributed by atoms with Crippen molar-refractivity contribution in [1.82, 2.24) is 10.6 Å². The van der Waals surface area contributed by atoms with Crippen LogP contribution in [0.2, 0.25) is 0 Å². The van der Waals surface area contributed by atoms with Crippen LogP contribution in [0.4, 0.5) is 0 Å². The van der Waals surface area contributed by atoms with Gasteiger partial charge >= 0.3 is 0 Å². The van der Waals surface area contributed by atoms with Crippen molar-refractivity contribution < 1.29 is 9.53 Å². The van der Waals surface area contributed by atoms with E-state index in [9.17, 15) is 4.79 Å². The number of hydrogen-bond donors (Lipinski definition) is 2. The lowest BCUT2D eigenvalue weighted by molar-refractivity contribution is -0.132. The third-order valence-corrected chi connectivity index (χ3v) is 4.79. The molecule has 0 aromatic heterocycles. The van der Waals surface area contributed by atoms with E-state index < -0.39 is 0 Å². The number of carbonyl (C=O) groups is 1. The molecule has 4 nitrogen and oxygen atoms in total. The maximum atomic E-state index is 12.7. The van der Waals surface area contributed by atoms with E-state index in [-0.39, 0.29) is 23.7 Å². The van der Waals surface area contributed by atoms with Crippen LogP contribution < -0.4 is 10.6 Å².